The number of thioether (sulfide) groups is 1. The molecule has 1 aliphatic heterocycles. The molecule has 4 aromatic heterocycles. The minimum atomic E-state index is -4.64. The van der Waals surface area contributed by atoms with Crippen LogP contribution >= 0.6 is 23.1 Å². The predicted molar refractivity (Wildman–Crippen MR) is 131 cm³/mol. The van der Waals surface area contributed by atoms with E-state index in [2.05, 4.69) is 25.0 Å². The van der Waals surface area contributed by atoms with E-state index in [-0.39, 0.29) is 28.9 Å². The molecule has 1 atom stereocenters. The quantitative estimate of drug-likeness (QED) is 0.220. The number of alkyl halides is 3. The van der Waals surface area contributed by atoms with Crippen LogP contribution in [0.2, 0.25) is 0 Å². The van der Waals surface area contributed by atoms with Crippen molar-refractivity contribution in [2.45, 2.75) is 43.7 Å². The van der Waals surface area contributed by atoms with Gasteiger partial charge in [-0.15, -0.1) is 11.3 Å². The van der Waals surface area contributed by atoms with Crippen LogP contribution in [0, 0.1) is 6.92 Å². The molecule has 1 saturated heterocycles. The van der Waals surface area contributed by atoms with Crippen molar-refractivity contribution in [3.8, 4) is 17.1 Å². The molecular formula is C23H19F3N6O2S2. The molecular weight excluding hydrogens is 513 g/mol. The van der Waals surface area contributed by atoms with Crippen molar-refractivity contribution in [3.63, 3.8) is 0 Å². The van der Waals surface area contributed by atoms with E-state index in [1.165, 1.54) is 37.3 Å². The van der Waals surface area contributed by atoms with Crippen LogP contribution in [0.1, 0.15) is 36.6 Å². The van der Waals surface area contributed by atoms with E-state index in [1.807, 2.05) is 0 Å². The SMILES string of the molecule is CSc1nc(O)c2c(n1)sc1c(-c3c(C(F)(F)F)c(C)cc4c3cnn4C3CCCCO3)ncnc12. The van der Waals surface area contributed by atoms with E-state index in [0.717, 1.165) is 30.6 Å². The summed E-state index contributed by atoms with van der Waals surface area (Å²) in [5.74, 6) is -0.270. The number of halogens is 3. The van der Waals surface area contributed by atoms with E-state index in [4.69, 9.17) is 4.74 Å². The van der Waals surface area contributed by atoms with E-state index in [0.29, 0.717) is 43.1 Å². The highest BCUT2D eigenvalue weighted by Crippen LogP contribution is 2.47. The number of hydrogen-bond acceptors (Lipinski definition) is 9. The topological polar surface area (TPSA) is 98.8 Å². The molecule has 1 aromatic carbocycles. The van der Waals surface area contributed by atoms with Gasteiger partial charge in [-0.2, -0.15) is 23.3 Å². The maximum Gasteiger partial charge on any atom is 0.417 e. The van der Waals surface area contributed by atoms with Gasteiger partial charge in [0.05, 0.1) is 33.1 Å². The van der Waals surface area contributed by atoms with Crippen LogP contribution in [0.15, 0.2) is 23.7 Å². The van der Waals surface area contributed by atoms with Gasteiger partial charge in [0.1, 0.15) is 16.7 Å². The number of fused-ring (bicyclic) bond motifs is 4. The Kier molecular flexibility index (Phi) is 5.54. The van der Waals surface area contributed by atoms with Crippen molar-refractivity contribution < 1.29 is 23.0 Å². The molecule has 36 heavy (non-hydrogen) atoms. The number of benzene rings is 1. The molecule has 6 rings (SSSR count). The van der Waals surface area contributed by atoms with Gasteiger partial charge in [-0.1, -0.05) is 11.8 Å². The number of ether oxygens (including phenoxy) is 1. The van der Waals surface area contributed by atoms with Crippen molar-refractivity contribution in [1.82, 2.24) is 29.7 Å². The lowest BCUT2D eigenvalue weighted by molar-refractivity contribution is -0.137. The Morgan fingerprint density at radius 2 is 2.06 bits per heavy atom. The molecule has 5 heterocycles. The Labute approximate surface area is 210 Å². The first kappa shape index (κ1) is 23.4. The van der Waals surface area contributed by atoms with Gasteiger partial charge >= 0.3 is 6.18 Å². The fourth-order valence-electron chi connectivity index (χ4n) is 4.78. The zero-order valence-corrected chi connectivity index (χ0v) is 20.8. The lowest BCUT2D eigenvalue weighted by Gasteiger charge is -2.24. The molecule has 13 heteroatoms. The predicted octanol–water partition coefficient (Wildman–Crippen LogP) is 6.11. The zero-order chi connectivity index (χ0) is 25.2. The average molecular weight is 533 g/mol. The van der Waals surface area contributed by atoms with Crippen LogP contribution in [-0.4, -0.2) is 47.7 Å². The van der Waals surface area contributed by atoms with Crippen LogP contribution in [0.25, 0.3) is 42.6 Å². The zero-order valence-electron chi connectivity index (χ0n) is 19.1. The number of aromatic nitrogens is 6. The third kappa shape index (κ3) is 3.59. The van der Waals surface area contributed by atoms with Crippen LogP contribution in [0.4, 0.5) is 13.2 Å². The molecule has 0 saturated carbocycles. The molecule has 1 unspecified atom stereocenters. The summed E-state index contributed by atoms with van der Waals surface area (Å²) in [6.45, 7) is 2.02. The summed E-state index contributed by atoms with van der Waals surface area (Å²) in [6.07, 6.45) is 2.07. The molecule has 5 aromatic rings. The fraction of sp³-hybridized carbons (Fsp3) is 0.348. The van der Waals surface area contributed by atoms with Crippen molar-refractivity contribution in [2.24, 2.45) is 0 Å². The number of aryl methyl sites for hydroxylation is 1. The fourth-order valence-corrected chi connectivity index (χ4v) is 6.32. The molecule has 1 N–H and O–H groups in total. The molecule has 0 radical (unpaired) electrons. The van der Waals surface area contributed by atoms with Crippen LogP contribution in [-0.2, 0) is 10.9 Å². The Morgan fingerprint density at radius 1 is 1.22 bits per heavy atom. The third-order valence-electron chi connectivity index (χ3n) is 6.31. The summed E-state index contributed by atoms with van der Waals surface area (Å²) in [7, 11) is 0. The summed E-state index contributed by atoms with van der Waals surface area (Å²) in [6, 6.07) is 1.51. The average Bonchev–Trinajstić information content (AvgIpc) is 3.44. The molecule has 1 fully saturated rings. The van der Waals surface area contributed by atoms with Gasteiger partial charge in [-0.05, 0) is 44.1 Å². The Hall–Kier alpha value is -3.03. The van der Waals surface area contributed by atoms with E-state index in [9.17, 15) is 18.3 Å². The van der Waals surface area contributed by atoms with E-state index >= 15 is 0 Å². The largest absolute Gasteiger partial charge is 0.493 e. The van der Waals surface area contributed by atoms with Crippen molar-refractivity contribution in [3.05, 3.63) is 29.7 Å². The Balaban J connectivity index is 1.70. The first-order chi connectivity index (χ1) is 17.3. The van der Waals surface area contributed by atoms with Gasteiger partial charge in [0.15, 0.2) is 11.4 Å². The number of aromatic hydroxyl groups is 1. The monoisotopic (exact) mass is 532 g/mol. The summed E-state index contributed by atoms with van der Waals surface area (Å²) in [4.78, 5) is 17.5. The van der Waals surface area contributed by atoms with E-state index < -0.39 is 11.7 Å². The first-order valence-corrected chi connectivity index (χ1v) is 13.2. The number of nitrogens with zero attached hydrogens (tertiary/aromatic N) is 6. The molecule has 186 valence electrons. The number of hydrogen-bond donors (Lipinski definition) is 1. The van der Waals surface area contributed by atoms with Crippen LogP contribution < -0.4 is 0 Å². The highest BCUT2D eigenvalue weighted by Gasteiger charge is 2.38. The normalized spacial score (nSPS) is 17.0. The van der Waals surface area contributed by atoms with Crippen molar-refractivity contribution >= 4 is 54.4 Å². The van der Waals surface area contributed by atoms with Crippen molar-refractivity contribution in [2.75, 3.05) is 12.9 Å². The first-order valence-electron chi connectivity index (χ1n) is 11.2. The standard InChI is InChI=1S/C23H19F3N6O2S2/c1-10-7-12-11(8-29-32(12)13-5-3-4-6-34-13)14(16(10)23(24,25)26)17-19-18(28-9-27-17)15-20(33)30-22(35-2)31-21(15)36-19/h7-9,13H,3-6H2,1-2H3,(H,30,31,33). The third-order valence-corrected chi connectivity index (χ3v) is 7.94. The second-order valence-electron chi connectivity index (χ2n) is 8.50. The molecule has 0 aliphatic carbocycles. The smallest absolute Gasteiger partial charge is 0.417 e. The Morgan fingerprint density at radius 3 is 2.78 bits per heavy atom. The maximum atomic E-state index is 14.5. The molecule has 8 nitrogen and oxygen atoms in total. The highest BCUT2D eigenvalue weighted by molar-refractivity contribution is 7.98. The van der Waals surface area contributed by atoms with Gasteiger partial charge in [0.25, 0.3) is 0 Å². The Bertz CT molecular complexity index is 1640. The van der Waals surface area contributed by atoms with Gasteiger partial charge in [0.2, 0.25) is 5.88 Å². The van der Waals surface area contributed by atoms with Gasteiger partial charge < -0.3 is 9.84 Å². The summed E-state index contributed by atoms with van der Waals surface area (Å²) in [5.41, 5.74) is 0.159. The number of thiophene rings is 1. The minimum absolute atomic E-state index is 0.0581. The van der Waals surface area contributed by atoms with Crippen LogP contribution in [0.3, 0.4) is 0 Å². The molecule has 0 amide bonds. The second kappa shape index (κ2) is 8.53. The minimum Gasteiger partial charge on any atom is -0.493 e. The van der Waals surface area contributed by atoms with Crippen LogP contribution in [0.5, 0.6) is 5.88 Å². The second-order valence-corrected chi connectivity index (χ2v) is 10.3. The van der Waals surface area contributed by atoms with Gasteiger partial charge in [-0.25, -0.2) is 19.6 Å². The maximum absolute atomic E-state index is 14.5. The molecule has 0 spiro atoms. The lowest BCUT2D eigenvalue weighted by Crippen LogP contribution is -2.19. The summed E-state index contributed by atoms with van der Waals surface area (Å²) < 4.78 is 51.4. The number of rotatable bonds is 3. The molecule has 1 aliphatic rings. The lowest BCUT2D eigenvalue weighted by atomic mass is 9.94. The molecule has 0 bridgehead atoms. The summed E-state index contributed by atoms with van der Waals surface area (Å²) in [5, 5.41) is 16.0. The van der Waals surface area contributed by atoms with Gasteiger partial charge in [-0.3, -0.25) is 0 Å². The highest BCUT2D eigenvalue weighted by atomic mass is 32.2. The van der Waals surface area contributed by atoms with Crippen molar-refractivity contribution in [1.29, 1.82) is 0 Å². The summed E-state index contributed by atoms with van der Waals surface area (Å²) >= 11 is 2.38. The van der Waals surface area contributed by atoms with Gasteiger partial charge in [0, 0.05) is 17.6 Å². The van der Waals surface area contributed by atoms with E-state index in [1.54, 1.807) is 10.9 Å².